The van der Waals surface area contributed by atoms with E-state index < -0.39 is 0 Å². The van der Waals surface area contributed by atoms with Crippen molar-refractivity contribution in [2.75, 3.05) is 0 Å². The number of hydrogen-bond acceptors (Lipinski definition) is 4. The topological polar surface area (TPSA) is 24.9 Å². The molecule has 0 amide bonds. The maximum Gasteiger partial charge on any atom is 1.00 e. The molecule has 0 saturated carbocycles. The molecule has 0 bridgehead atoms. The van der Waals surface area contributed by atoms with E-state index in [4.69, 9.17) is 12.6 Å². The zero-order chi connectivity index (χ0) is 17.3. The fourth-order valence-corrected chi connectivity index (χ4v) is 4.72. The van der Waals surface area contributed by atoms with Crippen molar-refractivity contribution in [2.24, 2.45) is 0 Å². The molecular formula is C21H17LiN2S2. The van der Waals surface area contributed by atoms with Crippen LogP contribution < -0.4 is 24.2 Å². The minimum atomic E-state index is -0.259. The summed E-state index contributed by atoms with van der Waals surface area (Å²) in [6.45, 7) is 2.18. The van der Waals surface area contributed by atoms with Crippen LogP contribution in [0.15, 0.2) is 83.4 Å². The van der Waals surface area contributed by atoms with Gasteiger partial charge < -0.3 is 17.9 Å². The van der Waals surface area contributed by atoms with Gasteiger partial charge in [-0.05, 0) is 41.3 Å². The van der Waals surface area contributed by atoms with Crippen molar-refractivity contribution >= 4 is 30.1 Å². The predicted molar refractivity (Wildman–Crippen MR) is 108 cm³/mol. The van der Waals surface area contributed by atoms with Gasteiger partial charge >= 0.3 is 18.9 Å². The fourth-order valence-electron chi connectivity index (χ4n) is 3.00. The molecule has 0 spiro atoms. The molecule has 1 aliphatic heterocycles. The average Bonchev–Trinajstić information content (AvgIpc) is 2.99. The van der Waals surface area contributed by atoms with Gasteiger partial charge in [0.25, 0.3) is 0 Å². The zero-order valence-corrected chi connectivity index (χ0v) is 16.4. The molecule has 1 unspecified atom stereocenters. The Kier molecular flexibility index (Phi) is 5.79. The fraction of sp³-hybridized carbons (Fsp3) is 0.0952. The Labute approximate surface area is 176 Å². The van der Waals surface area contributed by atoms with E-state index in [-0.39, 0.29) is 23.7 Å². The normalized spacial score (nSPS) is 19.0. The van der Waals surface area contributed by atoms with Gasteiger partial charge in [-0.2, -0.15) is 0 Å². The minimum absolute atomic E-state index is 0. The van der Waals surface area contributed by atoms with Crippen molar-refractivity contribution in [1.29, 1.82) is 0 Å². The van der Waals surface area contributed by atoms with Crippen LogP contribution >= 0.6 is 11.8 Å². The molecule has 2 nitrogen and oxygen atoms in total. The van der Waals surface area contributed by atoms with Gasteiger partial charge in [-0.15, -0.1) is 16.0 Å². The van der Waals surface area contributed by atoms with Crippen molar-refractivity contribution < 1.29 is 18.9 Å². The summed E-state index contributed by atoms with van der Waals surface area (Å²) in [5, 5.41) is 3.62. The van der Waals surface area contributed by atoms with Gasteiger partial charge in [-0.3, -0.25) is 4.98 Å². The maximum absolute atomic E-state index is 5.62. The number of nitrogens with zero attached hydrogens (tertiary/aromatic N) is 1. The van der Waals surface area contributed by atoms with Crippen LogP contribution in [-0.2, 0) is 17.5 Å². The van der Waals surface area contributed by atoms with E-state index in [0.29, 0.717) is 0 Å². The minimum Gasteiger partial charge on any atom is -0.771 e. The van der Waals surface area contributed by atoms with Crippen LogP contribution in [0.2, 0.25) is 0 Å². The van der Waals surface area contributed by atoms with Crippen LogP contribution in [-0.4, -0.2) is 4.98 Å². The van der Waals surface area contributed by atoms with Crippen molar-refractivity contribution in [3.8, 4) is 11.1 Å². The second kappa shape index (κ2) is 7.90. The van der Waals surface area contributed by atoms with Gasteiger partial charge in [0.1, 0.15) is 4.87 Å². The number of benzene rings is 2. The van der Waals surface area contributed by atoms with Gasteiger partial charge in [0.05, 0.1) is 0 Å². The molecular weight excluding hydrogens is 351 g/mol. The van der Waals surface area contributed by atoms with Crippen LogP contribution in [0.5, 0.6) is 0 Å². The Morgan fingerprint density at radius 2 is 1.46 bits per heavy atom. The van der Waals surface area contributed by atoms with Crippen LogP contribution in [0.1, 0.15) is 18.1 Å². The summed E-state index contributed by atoms with van der Waals surface area (Å²) in [7, 11) is 0. The first-order valence-corrected chi connectivity index (χ1v) is 9.33. The summed E-state index contributed by atoms with van der Waals surface area (Å²) in [6.07, 6.45) is 3.59. The van der Waals surface area contributed by atoms with E-state index in [1.54, 1.807) is 24.2 Å². The molecule has 2 heterocycles. The second-order valence-corrected chi connectivity index (χ2v) is 8.20. The predicted octanol–water partition coefficient (Wildman–Crippen LogP) is 2.13. The summed E-state index contributed by atoms with van der Waals surface area (Å²) >= 11 is 7.31. The first-order chi connectivity index (χ1) is 12.2. The van der Waals surface area contributed by atoms with Crippen molar-refractivity contribution in [3.05, 3.63) is 94.5 Å². The molecule has 0 saturated heterocycles. The number of thioether (sulfide) groups is 1. The molecule has 124 valence electrons. The molecule has 26 heavy (non-hydrogen) atoms. The Balaban J connectivity index is 0.00000196. The molecule has 4 rings (SSSR count). The standard InChI is InChI=1S/C21H18N2S2.Li/c1-21(23-19(20(24)25-21)17-11-13-22-14-12-17)18-9-7-16(8-10-18)15-5-3-2-4-6-15;/h2-14,23-24H,1H3;/q;+1/p-1. The van der Waals surface area contributed by atoms with E-state index >= 15 is 0 Å². The monoisotopic (exact) mass is 368 g/mol. The molecule has 0 radical (unpaired) electrons. The van der Waals surface area contributed by atoms with E-state index in [0.717, 1.165) is 15.5 Å². The number of hydrogen-bond donors (Lipinski definition) is 1. The number of nitrogens with one attached hydrogen (secondary N) is 1. The number of aromatic nitrogens is 1. The molecule has 1 atom stereocenters. The van der Waals surface area contributed by atoms with E-state index in [2.05, 4.69) is 65.8 Å². The summed E-state index contributed by atoms with van der Waals surface area (Å²) < 4.78 is 0.890. The van der Waals surface area contributed by atoms with Crippen LogP contribution in [0, 0.1) is 0 Å². The third kappa shape index (κ3) is 3.70. The van der Waals surface area contributed by atoms with Crippen LogP contribution in [0.25, 0.3) is 16.8 Å². The molecule has 5 heteroatoms. The third-order valence-electron chi connectivity index (χ3n) is 4.38. The van der Waals surface area contributed by atoms with E-state index in [1.807, 2.05) is 18.2 Å². The molecule has 0 fully saturated rings. The quantitative estimate of drug-likeness (QED) is 0.566. The van der Waals surface area contributed by atoms with E-state index in [1.165, 1.54) is 16.7 Å². The molecule has 2 aromatic carbocycles. The Bertz CT molecular complexity index is 912. The van der Waals surface area contributed by atoms with Crippen LogP contribution in [0.4, 0.5) is 0 Å². The molecule has 1 N–H and O–H groups in total. The number of pyridine rings is 1. The summed E-state index contributed by atoms with van der Waals surface area (Å²) in [5.41, 5.74) is 5.75. The SMILES string of the molecule is CC1(c2ccc(-c3ccccc3)cc2)NC(c2ccncc2)=C([S-])S1.[Li+]. The van der Waals surface area contributed by atoms with Crippen LogP contribution in [0.3, 0.4) is 0 Å². The van der Waals surface area contributed by atoms with Gasteiger partial charge in [0.2, 0.25) is 0 Å². The summed E-state index contributed by atoms with van der Waals surface area (Å²) in [6, 6.07) is 23.1. The van der Waals surface area contributed by atoms with Gasteiger partial charge in [-0.25, -0.2) is 0 Å². The van der Waals surface area contributed by atoms with Crippen molar-refractivity contribution in [2.45, 2.75) is 11.8 Å². The summed E-state index contributed by atoms with van der Waals surface area (Å²) in [4.78, 5) is 3.82. The molecule has 1 aliphatic rings. The zero-order valence-electron chi connectivity index (χ0n) is 14.8. The molecule has 0 aliphatic carbocycles. The van der Waals surface area contributed by atoms with E-state index in [9.17, 15) is 0 Å². The Morgan fingerprint density at radius 1 is 0.846 bits per heavy atom. The smallest absolute Gasteiger partial charge is 0.771 e. The van der Waals surface area contributed by atoms with Gasteiger partial charge in [0, 0.05) is 18.1 Å². The van der Waals surface area contributed by atoms with Crippen molar-refractivity contribution in [3.63, 3.8) is 0 Å². The number of rotatable bonds is 3. The average molecular weight is 368 g/mol. The van der Waals surface area contributed by atoms with Gasteiger partial charge in [-0.1, -0.05) is 54.6 Å². The maximum atomic E-state index is 5.62. The van der Waals surface area contributed by atoms with Gasteiger partial charge in [0.15, 0.2) is 0 Å². The second-order valence-electron chi connectivity index (χ2n) is 6.10. The summed E-state index contributed by atoms with van der Waals surface area (Å²) in [5.74, 6) is 0. The Morgan fingerprint density at radius 3 is 2.12 bits per heavy atom. The third-order valence-corrected chi connectivity index (χ3v) is 5.97. The van der Waals surface area contributed by atoms with Crippen molar-refractivity contribution in [1.82, 2.24) is 10.3 Å². The molecule has 3 aromatic rings. The first-order valence-electron chi connectivity index (χ1n) is 8.10. The largest absolute Gasteiger partial charge is 1.00 e. The Hall–Kier alpha value is -1.70. The first kappa shape index (κ1) is 19.1. The molecule has 1 aromatic heterocycles.